The van der Waals surface area contributed by atoms with Crippen LogP contribution in [0.3, 0.4) is 0 Å². The van der Waals surface area contributed by atoms with Gasteiger partial charge in [0.2, 0.25) is 5.89 Å². The SMILES string of the molecule is CCN1CCN(CCc2noc(CCCCc3ccc(C)cc3)n2)C(=O)C1=O. The monoisotopic (exact) mass is 384 g/mol. The second-order valence-corrected chi connectivity index (χ2v) is 7.22. The summed E-state index contributed by atoms with van der Waals surface area (Å²) in [6.45, 7) is 6.12. The number of rotatable bonds is 9. The Morgan fingerprint density at radius 1 is 0.964 bits per heavy atom. The molecule has 2 aromatic rings. The molecular weight excluding hydrogens is 356 g/mol. The summed E-state index contributed by atoms with van der Waals surface area (Å²) in [4.78, 5) is 31.6. The lowest BCUT2D eigenvalue weighted by molar-refractivity contribution is -0.155. The van der Waals surface area contributed by atoms with Gasteiger partial charge in [0, 0.05) is 39.0 Å². The van der Waals surface area contributed by atoms with E-state index in [1.54, 1.807) is 9.80 Å². The zero-order valence-electron chi connectivity index (χ0n) is 16.7. The molecule has 1 aromatic carbocycles. The molecule has 7 nitrogen and oxygen atoms in total. The van der Waals surface area contributed by atoms with Crippen LogP contribution in [0.2, 0.25) is 0 Å². The van der Waals surface area contributed by atoms with Gasteiger partial charge in [0.15, 0.2) is 5.82 Å². The first-order valence-electron chi connectivity index (χ1n) is 10.0. The maximum atomic E-state index is 12.1. The smallest absolute Gasteiger partial charge is 0.312 e. The number of aryl methyl sites for hydroxylation is 3. The van der Waals surface area contributed by atoms with Crippen molar-refractivity contribution in [1.82, 2.24) is 19.9 Å². The summed E-state index contributed by atoms with van der Waals surface area (Å²) in [5.41, 5.74) is 2.62. The lowest BCUT2D eigenvalue weighted by atomic mass is 10.1. The van der Waals surface area contributed by atoms with Gasteiger partial charge in [-0.3, -0.25) is 9.59 Å². The van der Waals surface area contributed by atoms with E-state index in [2.05, 4.69) is 41.3 Å². The molecule has 0 bridgehead atoms. The standard InChI is InChI=1S/C21H28N4O3/c1-3-24-14-15-25(21(27)20(24)26)13-12-18-22-19(28-23-18)7-5-4-6-17-10-8-16(2)9-11-17/h8-11H,3-7,12-15H2,1-2H3. The Kier molecular flexibility index (Phi) is 6.79. The average molecular weight is 384 g/mol. The molecule has 0 unspecified atom stereocenters. The van der Waals surface area contributed by atoms with Gasteiger partial charge in [0.1, 0.15) is 0 Å². The minimum Gasteiger partial charge on any atom is -0.339 e. The second kappa shape index (κ2) is 9.48. The Morgan fingerprint density at radius 2 is 1.64 bits per heavy atom. The average Bonchev–Trinajstić information content (AvgIpc) is 3.15. The van der Waals surface area contributed by atoms with Gasteiger partial charge < -0.3 is 14.3 Å². The van der Waals surface area contributed by atoms with Crippen molar-refractivity contribution in [3.05, 3.63) is 47.1 Å². The van der Waals surface area contributed by atoms with Crippen molar-refractivity contribution >= 4 is 11.8 Å². The lowest BCUT2D eigenvalue weighted by Crippen LogP contribution is -2.54. The molecule has 0 N–H and O–H groups in total. The summed E-state index contributed by atoms with van der Waals surface area (Å²) < 4.78 is 5.32. The molecule has 150 valence electrons. The third-order valence-electron chi connectivity index (χ3n) is 5.12. The van der Waals surface area contributed by atoms with Crippen LogP contribution in [-0.2, 0) is 28.9 Å². The van der Waals surface area contributed by atoms with E-state index in [4.69, 9.17) is 4.52 Å². The van der Waals surface area contributed by atoms with Crippen molar-refractivity contribution in [3.8, 4) is 0 Å². The van der Waals surface area contributed by atoms with Crippen molar-refractivity contribution in [2.24, 2.45) is 0 Å². The maximum absolute atomic E-state index is 12.1. The Balaban J connectivity index is 1.39. The van der Waals surface area contributed by atoms with E-state index < -0.39 is 11.8 Å². The molecule has 0 atom stereocenters. The number of unbranched alkanes of at least 4 members (excludes halogenated alkanes) is 1. The molecule has 0 saturated carbocycles. The summed E-state index contributed by atoms with van der Waals surface area (Å²) in [6.07, 6.45) is 4.35. The molecule has 0 spiro atoms. The van der Waals surface area contributed by atoms with E-state index in [-0.39, 0.29) is 0 Å². The number of amides is 2. The maximum Gasteiger partial charge on any atom is 0.312 e. The normalized spacial score (nSPS) is 14.8. The fourth-order valence-electron chi connectivity index (χ4n) is 3.32. The molecule has 2 heterocycles. The Hall–Kier alpha value is -2.70. The molecule has 0 radical (unpaired) electrons. The highest BCUT2D eigenvalue weighted by atomic mass is 16.5. The van der Waals surface area contributed by atoms with E-state index in [0.717, 1.165) is 25.7 Å². The topological polar surface area (TPSA) is 79.5 Å². The summed E-state index contributed by atoms with van der Waals surface area (Å²) in [5.74, 6) is 0.368. The first-order valence-corrected chi connectivity index (χ1v) is 10.0. The van der Waals surface area contributed by atoms with Crippen LogP contribution in [0.4, 0.5) is 0 Å². The van der Waals surface area contributed by atoms with Crippen LogP contribution in [0.25, 0.3) is 0 Å². The largest absolute Gasteiger partial charge is 0.339 e. The van der Waals surface area contributed by atoms with Crippen LogP contribution < -0.4 is 0 Å². The summed E-state index contributed by atoms with van der Waals surface area (Å²) in [7, 11) is 0. The molecule has 1 aliphatic heterocycles. The summed E-state index contributed by atoms with van der Waals surface area (Å²) in [5, 5.41) is 4.00. The number of nitrogens with zero attached hydrogens (tertiary/aromatic N) is 4. The van der Waals surface area contributed by atoms with E-state index in [9.17, 15) is 9.59 Å². The molecule has 7 heteroatoms. The predicted octanol–water partition coefficient (Wildman–Crippen LogP) is 2.18. The van der Waals surface area contributed by atoms with E-state index in [0.29, 0.717) is 44.3 Å². The number of piperazine rings is 1. The van der Waals surface area contributed by atoms with Gasteiger partial charge in [-0.1, -0.05) is 35.0 Å². The number of hydrogen-bond donors (Lipinski definition) is 0. The third kappa shape index (κ3) is 5.18. The molecule has 3 rings (SSSR count). The number of aromatic nitrogens is 2. The molecule has 1 aliphatic rings. The zero-order valence-corrected chi connectivity index (χ0v) is 16.7. The van der Waals surface area contributed by atoms with Gasteiger partial charge >= 0.3 is 11.8 Å². The predicted molar refractivity (Wildman–Crippen MR) is 105 cm³/mol. The quantitative estimate of drug-likeness (QED) is 0.489. The van der Waals surface area contributed by atoms with Crippen molar-refractivity contribution in [2.75, 3.05) is 26.2 Å². The van der Waals surface area contributed by atoms with Crippen molar-refractivity contribution in [2.45, 2.75) is 46.0 Å². The van der Waals surface area contributed by atoms with Crippen molar-refractivity contribution < 1.29 is 14.1 Å². The first-order chi connectivity index (χ1) is 13.6. The number of benzene rings is 1. The van der Waals surface area contributed by atoms with Crippen LogP contribution >= 0.6 is 0 Å². The number of carbonyl (C=O) groups excluding carboxylic acids is 2. The third-order valence-corrected chi connectivity index (χ3v) is 5.12. The van der Waals surface area contributed by atoms with Gasteiger partial charge in [0.05, 0.1) is 0 Å². The van der Waals surface area contributed by atoms with Crippen molar-refractivity contribution in [1.29, 1.82) is 0 Å². The number of hydrogen-bond acceptors (Lipinski definition) is 5. The van der Waals surface area contributed by atoms with Gasteiger partial charge in [-0.2, -0.15) is 4.98 Å². The van der Waals surface area contributed by atoms with Crippen LogP contribution in [0.1, 0.15) is 42.6 Å². The minimum absolute atomic E-state index is 0.420. The van der Waals surface area contributed by atoms with E-state index in [1.165, 1.54) is 11.1 Å². The van der Waals surface area contributed by atoms with Crippen LogP contribution in [-0.4, -0.2) is 57.9 Å². The first kappa shape index (κ1) is 20.0. The highest BCUT2D eigenvalue weighted by Crippen LogP contribution is 2.11. The molecule has 28 heavy (non-hydrogen) atoms. The van der Waals surface area contributed by atoms with Crippen LogP contribution in [0, 0.1) is 6.92 Å². The Bertz CT molecular complexity index is 800. The second-order valence-electron chi connectivity index (χ2n) is 7.22. The number of likely N-dealkylation sites (N-methyl/N-ethyl adjacent to an activating group) is 1. The van der Waals surface area contributed by atoms with Gasteiger partial charge in [-0.25, -0.2) is 0 Å². The van der Waals surface area contributed by atoms with Crippen LogP contribution in [0.5, 0.6) is 0 Å². The van der Waals surface area contributed by atoms with E-state index >= 15 is 0 Å². The van der Waals surface area contributed by atoms with Gasteiger partial charge in [-0.15, -0.1) is 0 Å². The lowest BCUT2D eigenvalue weighted by Gasteiger charge is -2.32. The molecule has 1 aromatic heterocycles. The van der Waals surface area contributed by atoms with Crippen LogP contribution in [0.15, 0.2) is 28.8 Å². The molecule has 0 aliphatic carbocycles. The molecular formula is C21H28N4O3. The van der Waals surface area contributed by atoms with E-state index in [1.807, 2.05) is 6.92 Å². The highest BCUT2D eigenvalue weighted by molar-refractivity contribution is 6.35. The summed E-state index contributed by atoms with van der Waals surface area (Å²) >= 11 is 0. The number of carbonyl (C=O) groups is 2. The Morgan fingerprint density at radius 3 is 2.39 bits per heavy atom. The summed E-state index contributed by atoms with van der Waals surface area (Å²) in [6, 6.07) is 8.62. The minimum atomic E-state index is -0.437. The Labute approximate surface area is 165 Å². The molecule has 1 fully saturated rings. The molecule has 2 amide bonds. The fourth-order valence-corrected chi connectivity index (χ4v) is 3.32. The highest BCUT2D eigenvalue weighted by Gasteiger charge is 2.31. The fraction of sp³-hybridized carbons (Fsp3) is 0.524. The molecule has 1 saturated heterocycles. The van der Waals surface area contributed by atoms with Crippen molar-refractivity contribution in [3.63, 3.8) is 0 Å². The van der Waals surface area contributed by atoms with Gasteiger partial charge in [-0.05, 0) is 38.7 Å². The zero-order chi connectivity index (χ0) is 19.9. The van der Waals surface area contributed by atoms with Gasteiger partial charge in [0.25, 0.3) is 0 Å².